The van der Waals surface area contributed by atoms with E-state index in [4.69, 9.17) is 35.4 Å². The number of halogens is 3. The van der Waals surface area contributed by atoms with Crippen LogP contribution in [0, 0.1) is 0 Å². The molecule has 0 saturated carbocycles. The Morgan fingerprint density at radius 2 is 1.67 bits per heavy atom. The van der Waals surface area contributed by atoms with Crippen LogP contribution in [0.15, 0.2) is 70.8 Å². The van der Waals surface area contributed by atoms with Crippen molar-refractivity contribution in [2.75, 3.05) is 4.90 Å². The molecule has 150 valence electrons. The van der Waals surface area contributed by atoms with E-state index in [0.717, 1.165) is 10.2 Å². The summed E-state index contributed by atoms with van der Waals surface area (Å²) in [5.41, 5.74) is 1.91. The third kappa shape index (κ3) is 3.94. The molecule has 2 heterocycles. The lowest BCUT2D eigenvalue weighted by atomic mass is 10.1. The monoisotopic (exact) mass is 519 g/mol. The van der Waals surface area contributed by atoms with E-state index >= 15 is 0 Å². The molecule has 0 radical (unpaired) electrons. The molecular weight excluding hydrogens is 509 g/mol. The number of hydrogen-bond donors (Lipinski definition) is 1. The third-order valence-electron chi connectivity index (χ3n) is 4.44. The maximum atomic E-state index is 13.2. The molecule has 9 heteroatoms. The predicted octanol–water partition coefficient (Wildman–Crippen LogP) is 5.38. The molecule has 1 aliphatic rings. The van der Waals surface area contributed by atoms with E-state index in [1.165, 1.54) is 17.0 Å². The minimum atomic E-state index is -0.565. The average Bonchev–Trinajstić information content (AvgIpc) is 3.16. The zero-order valence-corrected chi connectivity index (χ0v) is 19.0. The Labute approximate surface area is 196 Å². The van der Waals surface area contributed by atoms with Gasteiger partial charge in [0.2, 0.25) is 0 Å². The molecule has 0 unspecified atom stereocenters. The average molecular weight is 521 g/mol. The Hall–Kier alpha value is -2.45. The van der Waals surface area contributed by atoms with Crippen molar-refractivity contribution in [3.05, 3.63) is 86.6 Å². The maximum absolute atomic E-state index is 13.2. The standard InChI is InChI=1S/C21H12BrCl2N3O2S/c22-12-3-5-13(6-4-12)26-9-1-2-14(26)10-16-19(28)25-21(30)27(20(16)29)15-7-8-17(23)18(24)11-15/h1-11H,(H,25,28,30)/b16-10+. The van der Waals surface area contributed by atoms with Gasteiger partial charge < -0.3 is 4.57 Å². The van der Waals surface area contributed by atoms with E-state index in [1.807, 2.05) is 47.2 Å². The fraction of sp³-hybridized carbons (Fsp3) is 0. The summed E-state index contributed by atoms with van der Waals surface area (Å²) in [6.45, 7) is 0. The highest BCUT2D eigenvalue weighted by molar-refractivity contribution is 9.10. The zero-order valence-electron chi connectivity index (χ0n) is 15.1. The van der Waals surface area contributed by atoms with E-state index in [1.54, 1.807) is 12.1 Å². The first-order chi connectivity index (χ1) is 14.3. The summed E-state index contributed by atoms with van der Waals surface area (Å²) in [6, 6.07) is 16.0. The Bertz CT molecular complexity index is 1220. The minimum absolute atomic E-state index is 0.0242. The van der Waals surface area contributed by atoms with Gasteiger partial charge in [-0.25, -0.2) is 0 Å². The summed E-state index contributed by atoms with van der Waals surface area (Å²) in [7, 11) is 0. The van der Waals surface area contributed by atoms with Gasteiger partial charge in [-0.15, -0.1) is 0 Å². The smallest absolute Gasteiger partial charge is 0.270 e. The molecule has 30 heavy (non-hydrogen) atoms. The Balaban J connectivity index is 1.74. The van der Waals surface area contributed by atoms with E-state index in [2.05, 4.69) is 21.2 Å². The molecule has 3 aromatic rings. The van der Waals surface area contributed by atoms with Crippen LogP contribution < -0.4 is 10.2 Å². The predicted molar refractivity (Wildman–Crippen MR) is 126 cm³/mol. The number of thiocarbonyl (C=S) groups is 1. The van der Waals surface area contributed by atoms with Crippen molar-refractivity contribution in [3.63, 3.8) is 0 Å². The van der Waals surface area contributed by atoms with Gasteiger partial charge in [0, 0.05) is 22.1 Å². The van der Waals surface area contributed by atoms with Crippen molar-refractivity contribution in [1.82, 2.24) is 9.88 Å². The summed E-state index contributed by atoms with van der Waals surface area (Å²) < 4.78 is 2.82. The van der Waals surface area contributed by atoms with Crippen LogP contribution in [0.4, 0.5) is 5.69 Å². The number of carbonyl (C=O) groups excluding carboxylic acids is 2. The van der Waals surface area contributed by atoms with E-state index < -0.39 is 11.8 Å². The molecule has 0 spiro atoms. The number of nitrogens with one attached hydrogen (secondary N) is 1. The molecule has 0 aliphatic carbocycles. The summed E-state index contributed by atoms with van der Waals surface area (Å²) in [6.07, 6.45) is 3.38. The first-order valence-electron chi connectivity index (χ1n) is 8.65. The van der Waals surface area contributed by atoms with E-state index in [0.29, 0.717) is 16.4 Å². The SMILES string of the molecule is O=C1NC(=S)N(c2ccc(Cl)c(Cl)c2)C(=O)/C1=C/c1cccn1-c1ccc(Br)cc1. The van der Waals surface area contributed by atoms with Crippen LogP contribution >= 0.6 is 51.3 Å². The number of nitrogens with zero attached hydrogens (tertiary/aromatic N) is 2. The lowest BCUT2D eigenvalue weighted by Crippen LogP contribution is -2.54. The normalized spacial score (nSPS) is 15.6. The van der Waals surface area contributed by atoms with Crippen LogP contribution in [0.3, 0.4) is 0 Å². The Kier molecular flexibility index (Phi) is 5.79. The topological polar surface area (TPSA) is 54.3 Å². The highest BCUT2D eigenvalue weighted by Gasteiger charge is 2.34. The minimum Gasteiger partial charge on any atom is -0.317 e. The van der Waals surface area contributed by atoms with Crippen LogP contribution in [0.5, 0.6) is 0 Å². The van der Waals surface area contributed by atoms with E-state index in [-0.39, 0.29) is 15.7 Å². The lowest BCUT2D eigenvalue weighted by molar-refractivity contribution is -0.122. The van der Waals surface area contributed by atoms with Gasteiger partial charge in [0.05, 0.1) is 15.7 Å². The van der Waals surface area contributed by atoms with Gasteiger partial charge in [-0.3, -0.25) is 19.8 Å². The lowest BCUT2D eigenvalue weighted by Gasteiger charge is -2.29. The second kappa shape index (κ2) is 8.35. The fourth-order valence-electron chi connectivity index (χ4n) is 3.01. The van der Waals surface area contributed by atoms with Gasteiger partial charge in [-0.05, 0) is 72.9 Å². The summed E-state index contributed by atoms with van der Waals surface area (Å²) >= 11 is 20.7. The highest BCUT2D eigenvalue weighted by Crippen LogP contribution is 2.29. The number of rotatable bonds is 3. The number of anilines is 1. The van der Waals surface area contributed by atoms with Crippen molar-refractivity contribution < 1.29 is 9.59 Å². The highest BCUT2D eigenvalue weighted by atomic mass is 79.9. The van der Waals surface area contributed by atoms with Crippen molar-refractivity contribution in [2.24, 2.45) is 0 Å². The number of aromatic nitrogens is 1. The Morgan fingerprint density at radius 1 is 0.967 bits per heavy atom. The summed E-state index contributed by atoms with van der Waals surface area (Å²) in [4.78, 5) is 27.0. The van der Waals surface area contributed by atoms with Crippen molar-refractivity contribution in [3.8, 4) is 5.69 Å². The molecule has 1 aromatic heterocycles. The first-order valence-corrected chi connectivity index (χ1v) is 10.6. The molecule has 4 rings (SSSR count). The number of hydrogen-bond acceptors (Lipinski definition) is 3. The molecule has 0 atom stereocenters. The fourth-order valence-corrected chi connectivity index (χ4v) is 3.85. The largest absolute Gasteiger partial charge is 0.317 e. The van der Waals surface area contributed by atoms with Gasteiger partial charge in [0.15, 0.2) is 5.11 Å². The van der Waals surface area contributed by atoms with Gasteiger partial charge in [0.25, 0.3) is 11.8 Å². The quantitative estimate of drug-likeness (QED) is 0.286. The first kappa shape index (κ1) is 20.8. The van der Waals surface area contributed by atoms with Crippen LogP contribution in [0.1, 0.15) is 5.69 Å². The van der Waals surface area contributed by atoms with Crippen molar-refractivity contribution in [1.29, 1.82) is 0 Å². The molecule has 5 nitrogen and oxygen atoms in total. The molecule has 0 bridgehead atoms. The van der Waals surface area contributed by atoms with Crippen LogP contribution in [0.25, 0.3) is 11.8 Å². The molecular formula is C21H12BrCl2N3O2S. The van der Waals surface area contributed by atoms with Crippen molar-refractivity contribution in [2.45, 2.75) is 0 Å². The molecule has 1 saturated heterocycles. The zero-order chi connectivity index (χ0) is 21.4. The van der Waals surface area contributed by atoms with Crippen molar-refractivity contribution >= 4 is 80.0 Å². The summed E-state index contributed by atoms with van der Waals surface area (Å²) in [5.74, 6) is -1.12. The van der Waals surface area contributed by atoms with Crippen LogP contribution in [-0.2, 0) is 9.59 Å². The molecule has 2 aromatic carbocycles. The summed E-state index contributed by atoms with van der Waals surface area (Å²) in [5, 5.41) is 3.16. The third-order valence-corrected chi connectivity index (χ3v) is 5.99. The second-order valence-corrected chi connectivity index (χ2v) is 8.45. The van der Waals surface area contributed by atoms with Gasteiger partial charge in [-0.1, -0.05) is 39.1 Å². The molecule has 1 aliphatic heterocycles. The van der Waals surface area contributed by atoms with Gasteiger partial charge >= 0.3 is 0 Å². The number of amides is 2. The maximum Gasteiger partial charge on any atom is 0.270 e. The van der Waals surface area contributed by atoms with Crippen LogP contribution in [0.2, 0.25) is 10.0 Å². The number of benzene rings is 2. The second-order valence-electron chi connectivity index (χ2n) is 6.34. The van der Waals surface area contributed by atoms with Crippen LogP contribution in [-0.4, -0.2) is 21.5 Å². The molecule has 1 fully saturated rings. The van der Waals surface area contributed by atoms with Gasteiger partial charge in [0.1, 0.15) is 5.57 Å². The molecule has 1 N–H and O–H groups in total. The Morgan fingerprint density at radius 3 is 2.37 bits per heavy atom. The number of carbonyl (C=O) groups is 2. The molecule has 2 amide bonds. The van der Waals surface area contributed by atoms with Gasteiger partial charge in [-0.2, -0.15) is 0 Å². The van der Waals surface area contributed by atoms with E-state index in [9.17, 15) is 9.59 Å².